The van der Waals surface area contributed by atoms with E-state index in [9.17, 15) is 8.42 Å². The van der Waals surface area contributed by atoms with Crippen LogP contribution in [-0.4, -0.2) is 71.8 Å². The Hall–Kier alpha value is -2.29. The zero-order valence-electron chi connectivity index (χ0n) is 24.3. The van der Waals surface area contributed by atoms with Crippen LogP contribution in [0, 0.1) is 11.7 Å². The highest BCUT2D eigenvalue weighted by atomic mass is 32.2. The van der Waals surface area contributed by atoms with Gasteiger partial charge in [0.2, 0.25) is 0 Å². The lowest BCUT2D eigenvalue weighted by molar-refractivity contribution is 0.0148. The van der Waals surface area contributed by atoms with E-state index in [-0.39, 0.29) is 16.6 Å². The summed E-state index contributed by atoms with van der Waals surface area (Å²) in [7, 11) is -1.32. The Labute approximate surface area is 238 Å². The van der Waals surface area contributed by atoms with Gasteiger partial charge in [-0.2, -0.15) is 0 Å². The van der Waals surface area contributed by atoms with Crippen molar-refractivity contribution in [3.05, 3.63) is 47.8 Å². The number of hydrogen-bond acceptors (Lipinski definition) is 5. The quantitative estimate of drug-likeness (QED) is 0.351. The number of hydrogen-bond donors (Lipinski definition) is 0. The van der Waals surface area contributed by atoms with Crippen LogP contribution in [0.3, 0.4) is 0 Å². The molecular weight excluding hydrogens is 523 g/mol. The molecule has 8 heteroatoms. The minimum Gasteiger partial charge on any atom is -0.327 e. The van der Waals surface area contributed by atoms with Crippen LogP contribution in [0.1, 0.15) is 70.3 Å². The molecule has 3 aromatic rings. The summed E-state index contributed by atoms with van der Waals surface area (Å²) in [6.45, 7) is 8.12. The van der Waals surface area contributed by atoms with Gasteiger partial charge in [0, 0.05) is 49.6 Å². The molecule has 6 rings (SSSR count). The highest BCUT2D eigenvalue weighted by Gasteiger charge is 2.38. The van der Waals surface area contributed by atoms with Crippen molar-refractivity contribution in [2.75, 3.05) is 25.9 Å². The summed E-state index contributed by atoms with van der Waals surface area (Å²) in [5, 5.41) is 0. The second-order valence-electron chi connectivity index (χ2n) is 12.6. The second kappa shape index (κ2) is 10.8. The maximum atomic E-state index is 15.4. The molecule has 3 atom stereocenters. The number of benzene rings is 2. The summed E-state index contributed by atoms with van der Waals surface area (Å²) in [5.74, 6) is 1.68. The van der Waals surface area contributed by atoms with Crippen molar-refractivity contribution in [1.82, 2.24) is 19.4 Å². The van der Waals surface area contributed by atoms with Crippen molar-refractivity contribution in [2.24, 2.45) is 13.0 Å². The van der Waals surface area contributed by atoms with E-state index >= 15 is 4.39 Å². The van der Waals surface area contributed by atoms with Crippen molar-refractivity contribution in [3.63, 3.8) is 0 Å². The monoisotopic (exact) mass is 566 g/mol. The summed E-state index contributed by atoms with van der Waals surface area (Å²) in [6.07, 6.45) is 9.73. The maximum Gasteiger partial charge on any atom is 0.175 e. The predicted octanol–water partition coefficient (Wildman–Crippen LogP) is 6.00. The minimum absolute atomic E-state index is 0.170. The van der Waals surface area contributed by atoms with Gasteiger partial charge in [-0.1, -0.05) is 6.92 Å². The molecule has 3 heterocycles. The van der Waals surface area contributed by atoms with Gasteiger partial charge in [0.25, 0.3) is 0 Å². The van der Waals surface area contributed by atoms with E-state index in [1.54, 1.807) is 30.3 Å². The van der Waals surface area contributed by atoms with Crippen LogP contribution in [0.2, 0.25) is 0 Å². The number of sulfone groups is 1. The highest BCUT2D eigenvalue weighted by Crippen LogP contribution is 2.38. The molecule has 3 fully saturated rings. The lowest BCUT2D eigenvalue weighted by atomic mass is 9.85. The Morgan fingerprint density at radius 3 is 2.35 bits per heavy atom. The van der Waals surface area contributed by atoms with E-state index in [2.05, 4.69) is 23.6 Å². The molecule has 216 valence electrons. The molecule has 1 aromatic heterocycles. The topological polar surface area (TPSA) is 58.4 Å². The fourth-order valence-corrected chi connectivity index (χ4v) is 7.92. The number of aromatic nitrogens is 2. The summed E-state index contributed by atoms with van der Waals surface area (Å²) in [5.41, 5.74) is 3.14. The Kier molecular flexibility index (Phi) is 7.55. The van der Waals surface area contributed by atoms with Gasteiger partial charge in [-0.25, -0.2) is 17.8 Å². The van der Waals surface area contributed by atoms with E-state index < -0.39 is 9.84 Å². The number of imidazole rings is 1. The minimum atomic E-state index is -3.27. The molecule has 0 spiro atoms. The van der Waals surface area contributed by atoms with E-state index in [1.807, 2.05) is 17.7 Å². The molecule has 1 saturated carbocycles. The number of likely N-dealkylation sites (tertiary alicyclic amines) is 2. The molecule has 1 aliphatic carbocycles. The summed E-state index contributed by atoms with van der Waals surface area (Å²) >= 11 is 0. The van der Waals surface area contributed by atoms with Crippen LogP contribution in [0.25, 0.3) is 22.4 Å². The largest absolute Gasteiger partial charge is 0.327 e. The van der Waals surface area contributed by atoms with Gasteiger partial charge in [-0.05, 0) is 113 Å². The first-order valence-corrected chi connectivity index (χ1v) is 17.0. The van der Waals surface area contributed by atoms with Gasteiger partial charge in [0.15, 0.2) is 9.84 Å². The normalized spacial score (nSPS) is 25.6. The smallest absolute Gasteiger partial charge is 0.175 e. The van der Waals surface area contributed by atoms with Crippen LogP contribution < -0.4 is 0 Å². The van der Waals surface area contributed by atoms with Crippen molar-refractivity contribution in [3.8, 4) is 11.4 Å². The fourth-order valence-electron chi connectivity index (χ4n) is 7.29. The zero-order chi connectivity index (χ0) is 28.2. The molecule has 40 heavy (non-hydrogen) atoms. The molecule has 2 aromatic carbocycles. The first-order chi connectivity index (χ1) is 19.1. The van der Waals surface area contributed by atoms with Crippen LogP contribution in [-0.2, 0) is 16.9 Å². The van der Waals surface area contributed by atoms with E-state index in [1.165, 1.54) is 44.9 Å². The molecule has 2 saturated heterocycles. The number of halogens is 1. The maximum absolute atomic E-state index is 15.4. The van der Waals surface area contributed by atoms with Gasteiger partial charge in [-0.3, -0.25) is 4.90 Å². The Bertz CT molecular complexity index is 1470. The van der Waals surface area contributed by atoms with Crippen molar-refractivity contribution in [1.29, 1.82) is 0 Å². The molecule has 2 aliphatic heterocycles. The van der Waals surface area contributed by atoms with Crippen LogP contribution in [0.15, 0.2) is 41.3 Å². The Balaban J connectivity index is 1.16. The number of nitrogens with zero attached hydrogens (tertiary/aromatic N) is 4. The van der Waals surface area contributed by atoms with E-state index in [4.69, 9.17) is 4.98 Å². The molecule has 0 amide bonds. The van der Waals surface area contributed by atoms with E-state index in [0.29, 0.717) is 29.5 Å². The number of rotatable bonds is 7. The second-order valence-corrected chi connectivity index (χ2v) is 14.7. The van der Waals surface area contributed by atoms with Crippen molar-refractivity contribution < 1.29 is 12.8 Å². The Morgan fingerprint density at radius 1 is 1.02 bits per heavy atom. The van der Waals surface area contributed by atoms with Gasteiger partial charge < -0.3 is 9.47 Å². The SMILES string of the molecule is CCC1CC(N2CCC(c3cc4c(cc3F)nc(-c3ccc(S(C)(=O)=O)cc3)n4C)CC2)CC(C)N1CC1CC1. The molecule has 0 bridgehead atoms. The molecule has 6 nitrogen and oxygen atoms in total. The predicted molar refractivity (Wildman–Crippen MR) is 159 cm³/mol. The summed E-state index contributed by atoms with van der Waals surface area (Å²) in [6, 6.07) is 12.3. The van der Waals surface area contributed by atoms with Gasteiger partial charge in [-0.15, -0.1) is 0 Å². The molecule has 0 radical (unpaired) electrons. The molecule has 3 aliphatic rings. The van der Waals surface area contributed by atoms with Gasteiger partial charge in [0.1, 0.15) is 11.6 Å². The first kappa shape index (κ1) is 27.9. The zero-order valence-corrected chi connectivity index (χ0v) is 25.1. The van der Waals surface area contributed by atoms with Crippen LogP contribution >= 0.6 is 0 Å². The first-order valence-electron chi connectivity index (χ1n) is 15.1. The summed E-state index contributed by atoms with van der Waals surface area (Å²) < 4.78 is 41.1. The van der Waals surface area contributed by atoms with Crippen LogP contribution in [0.5, 0.6) is 0 Å². The number of fused-ring (bicyclic) bond motifs is 1. The third kappa shape index (κ3) is 5.47. The lowest BCUT2D eigenvalue weighted by Gasteiger charge is -2.48. The third-order valence-corrected chi connectivity index (χ3v) is 11.0. The van der Waals surface area contributed by atoms with Crippen molar-refractivity contribution >= 4 is 20.9 Å². The fraction of sp³-hybridized carbons (Fsp3) is 0.594. The highest BCUT2D eigenvalue weighted by molar-refractivity contribution is 7.90. The lowest BCUT2D eigenvalue weighted by Crippen LogP contribution is -2.55. The molecular formula is C32H43FN4O2S. The number of piperidine rings is 2. The average Bonchev–Trinajstić information content (AvgIpc) is 3.71. The van der Waals surface area contributed by atoms with Crippen molar-refractivity contribution in [2.45, 2.75) is 87.7 Å². The van der Waals surface area contributed by atoms with Gasteiger partial charge in [0.05, 0.1) is 15.9 Å². The standard InChI is InChI=1S/C32H43FN4O2S/c1-5-25-17-26(16-21(2)37(25)20-22-6-7-22)36-14-12-23(13-15-36)28-18-31-30(19-29(28)33)34-32(35(31)3)24-8-10-27(11-9-24)40(4,38)39/h8-11,18-19,21-23,25-26H,5-7,12-17,20H2,1-4H3. The third-order valence-electron chi connectivity index (χ3n) is 9.86. The molecule has 0 N–H and O–H groups in total. The average molecular weight is 567 g/mol. The van der Waals surface area contributed by atoms with E-state index in [0.717, 1.165) is 48.5 Å². The number of aryl methyl sites for hydroxylation is 1. The van der Waals surface area contributed by atoms with Crippen LogP contribution in [0.4, 0.5) is 4.39 Å². The summed E-state index contributed by atoms with van der Waals surface area (Å²) in [4.78, 5) is 10.5. The molecule has 3 unspecified atom stereocenters. The van der Waals surface area contributed by atoms with Gasteiger partial charge >= 0.3 is 0 Å². The Morgan fingerprint density at radius 2 is 1.73 bits per heavy atom.